The Kier molecular flexibility index (Phi) is 10.3. The van der Waals surface area contributed by atoms with Gasteiger partial charge in [-0.2, -0.15) is 0 Å². The van der Waals surface area contributed by atoms with Gasteiger partial charge < -0.3 is 19.3 Å². The topological polar surface area (TPSA) is 56.9 Å². The van der Waals surface area contributed by atoms with Crippen molar-refractivity contribution in [3.05, 3.63) is 12.3 Å². The molecular formula is C23H40N2O3. The normalized spacial score (nSPS) is 16.0. The molecule has 1 aromatic rings. The van der Waals surface area contributed by atoms with Gasteiger partial charge in [0, 0.05) is 19.7 Å². The highest BCUT2D eigenvalue weighted by molar-refractivity contribution is 5.88. The first-order valence-electron chi connectivity index (χ1n) is 11.5. The molecule has 0 aliphatic carbocycles. The van der Waals surface area contributed by atoms with Crippen LogP contribution in [0.2, 0.25) is 0 Å². The van der Waals surface area contributed by atoms with Crippen LogP contribution >= 0.6 is 0 Å². The van der Waals surface area contributed by atoms with Crippen molar-refractivity contribution < 1.29 is 14.3 Å². The molecule has 1 aliphatic heterocycles. The van der Waals surface area contributed by atoms with Crippen molar-refractivity contribution in [1.29, 1.82) is 0 Å². The number of anilines is 2. The summed E-state index contributed by atoms with van der Waals surface area (Å²) in [7, 11) is 1.78. The number of fused-ring (bicyclic) bond motifs is 1. The SMILES string of the molecule is CCCCCCCCCCCCCCCCN1c2ccoc2N(C)C1C(=O)O. The first-order chi connectivity index (χ1) is 13.7. The number of carboxylic acids is 1. The summed E-state index contributed by atoms with van der Waals surface area (Å²) < 4.78 is 5.44. The van der Waals surface area contributed by atoms with Crippen molar-refractivity contribution in [2.75, 3.05) is 23.4 Å². The van der Waals surface area contributed by atoms with E-state index >= 15 is 0 Å². The van der Waals surface area contributed by atoms with E-state index in [1.54, 1.807) is 18.2 Å². The van der Waals surface area contributed by atoms with Crippen LogP contribution in [0.3, 0.4) is 0 Å². The quantitative estimate of drug-likeness (QED) is 0.329. The Morgan fingerprint density at radius 3 is 1.93 bits per heavy atom. The molecule has 2 rings (SSSR count). The highest BCUT2D eigenvalue weighted by Gasteiger charge is 2.40. The summed E-state index contributed by atoms with van der Waals surface area (Å²) in [6, 6.07) is 1.87. The zero-order valence-corrected chi connectivity index (χ0v) is 18.0. The van der Waals surface area contributed by atoms with Gasteiger partial charge in [0.25, 0.3) is 0 Å². The van der Waals surface area contributed by atoms with Crippen LogP contribution in [0, 0.1) is 0 Å². The van der Waals surface area contributed by atoms with E-state index in [-0.39, 0.29) is 0 Å². The first kappa shape index (κ1) is 22.6. The van der Waals surface area contributed by atoms with Gasteiger partial charge in [-0.15, -0.1) is 0 Å². The van der Waals surface area contributed by atoms with Gasteiger partial charge in [0.1, 0.15) is 5.69 Å². The average molecular weight is 393 g/mol. The Balaban J connectivity index is 1.48. The average Bonchev–Trinajstić information content (AvgIpc) is 3.25. The van der Waals surface area contributed by atoms with Crippen LogP contribution in [0.1, 0.15) is 96.8 Å². The van der Waals surface area contributed by atoms with Gasteiger partial charge in [-0.3, -0.25) is 0 Å². The van der Waals surface area contributed by atoms with Crippen LogP contribution in [0.5, 0.6) is 0 Å². The highest BCUT2D eigenvalue weighted by Crippen LogP contribution is 2.39. The number of nitrogens with zero attached hydrogens (tertiary/aromatic N) is 2. The summed E-state index contributed by atoms with van der Waals surface area (Å²) in [5.74, 6) is -0.156. The third-order valence-corrected chi connectivity index (χ3v) is 5.89. The molecule has 0 saturated carbocycles. The molecule has 0 amide bonds. The van der Waals surface area contributed by atoms with Crippen LogP contribution in [-0.4, -0.2) is 30.8 Å². The van der Waals surface area contributed by atoms with Crippen molar-refractivity contribution in [2.45, 2.75) is 103 Å². The maximum absolute atomic E-state index is 11.6. The summed E-state index contributed by atoms with van der Waals surface area (Å²) in [5, 5.41) is 9.53. The molecule has 2 heterocycles. The Morgan fingerprint density at radius 2 is 1.43 bits per heavy atom. The minimum Gasteiger partial charge on any atom is -0.478 e. The maximum Gasteiger partial charge on any atom is 0.347 e. The smallest absolute Gasteiger partial charge is 0.347 e. The maximum atomic E-state index is 11.6. The van der Waals surface area contributed by atoms with Crippen LogP contribution < -0.4 is 9.80 Å². The number of carboxylic acid groups (broad SMARTS) is 1. The molecule has 1 aliphatic rings. The van der Waals surface area contributed by atoms with Gasteiger partial charge in [0.15, 0.2) is 0 Å². The van der Waals surface area contributed by atoms with E-state index in [1.807, 2.05) is 11.0 Å². The summed E-state index contributed by atoms with van der Waals surface area (Å²) in [4.78, 5) is 15.3. The summed E-state index contributed by atoms with van der Waals surface area (Å²) in [5.41, 5.74) is 0.907. The molecule has 1 N–H and O–H groups in total. The van der Waals surface area contributed by atoms with E-state index in [0.29, 0.717) is 5.88 Å². The number of furan rings is 1. The summed E-state index contributed by atoms with van der Waals surface area (Å²) in [6.07, 6.45) is 19.6. The lowest BCUT2D eigenvalue weighted by Gasteiger charge is -2.26. The number of likely N-dealkylation sites (N-methyl/N-ethyl adjacent to an activating group) is 1. The molecule has 1 unspecified atom stereocenters. The van der Waals surface area contributed by atoms with Gasteiger partial charge in [-0.05, 0) is 6.42 Å². The summed E-state index contributed by atoms with van der Waals surface area (Å²) >= 11 is 0. The van der Waals surface area contributed by atoms with E-state index in [1.165, 1.54) is 77.0 Å². The molecule has 28 heavy (non-hydrogen) atoms. The molecule has 0 spiro atoms. The number of aliphatic carboxylic acids is 1. The molecule has 0 aromatic carbocycles. The molecule has 0 saturated heterocycles. The molecule has 0 bridgehead atoms. The van der Waals surface area contributed by atoms with Crippen molar-refractivity contribution in [2.24, 2.45) is 0 Å². The molecule has 0 fully saturated rings. The lowest BCUT2D eigenvalue weighted by Crippen LogP contribution is -2.47. The van der Waals surface area contributed by atoms with E-state index < -0.39 is 12.1 Å². The Bertz CT molecular complexity index is 558. The van der Waals surface area contributed by atoms with Crippen molar-refractivity contribution >= 4 is 17.5 Å². The Morgan fingerprint density at radius 1 is 0.929 bits per heavy atom. The van der Waals surface area contributed by atoms with Crippen LogP contribution in [-0.2, 0) is 4.79 Å². The zero-order valence-electron chi connectivity index (χ0n) is 18.0. The highest BCUT2D eigenvalue weighted by atomic mass is 16.4. The Hall–Kier alpha value is -1.65. The van der Waals surface area contributed by atoms with Gasteiger partial charge in [-0.1, -0.05) is 90.4 Å². The predicted molar refractivity (Wildman–Crippen MR) is 116 cm³/mol. The van der Waals surface area contributed by atoms with Crippen molar-refractivity contribution in [1.82, 2.24) is 0 Å². The van der Waals surface area contributed by atoms with E-state index in [4.69, 9.17) is 4.42 Å². The summed E-state index contributed by atoms with van der Waals surface area (Å²) in [6.45, 7) is 3.04. The third-order valence-electron chi connectivity index (χ3n) is 5.89. The molecular weight excluding hydrogens is 352 g/mol. The molecule has 160 valence electrons. The molecule has 0 radical (unpaired) electrons. The Labute approximate surface area is 171 Å². The molecule has 1 aromatic heterocycles. The number of hydrogen-bond acceptors (Lipinski definition) is 4. The van der Waals surface area contributed by atoms with Crippen molar-refractivity contribution in [3.63, 3.8) is 0 Å². The number of carbonyl (C=O) groups is 1. The minimum atomic E-state index is -0.820. The van der Waals surface area contributed by atoms with Crippen LogP contribution in [0.25, 0.3) is 0 Å². The largest absolute Gasteiger partial charge is 0.478 e. The molecule has 5 heteroatoms. The van der Waals surface area contributed by atoms with Crippen LogP contribution in [0.4, 0.5) is 11.6 Å². The van der Waals surface area contributed by atoms with E-state index in [2.05, 4.69) is 6.92 Å². The second kappa shape index (κ2) is 12.7. The third kappa shape index (κ3) is 6.75. The number of hydrogen-bond donors (Lipinski definition) is 1. The fourth-order valence-corrected chi connectivity index (χ4v) is 4.25. The van der Waals surface area contributed by atoms with Gasteiger partial charge in [-0.25, -0.2) is 4.79 Å². The number of rotatable bonds is 16. The van der Waals surface area contributed by atoms with Gasteiger partial charge in [0.2, 0.25) is 12.0 Å². The molecule has 5 nitrogen and oxygen atoms in total. The fourth-order valence-electron chi connectivity index (χ4n) is 4.25. The second-order valence-corrected chi connectivity index (χ2v) is 8.22. The number of unbranched alkanes of at least 4 members (excludes halogenated alkanes) is 13. The monoisotopic (exact) mass is 392 g/mol. The van der Waals surface area contributed by atoms with E-state index in [0.717, 1.165) is 25.1 Å². The zero-order chi connectivity index (χ0) is 20.2. The standard InChI is InChI=1S/C23H40N2O3/c1-3-4-5-6-7-8-9-10-11-12-13-14-15-16-18-25-20-17-19-28-22(20)24(2)21(25)23(26)27/h17,19,21H,3-16,18H2,1-2H3,(H,26,27). The first-order valence-corrected chi connectivity index (χ1v) is 11.5. The van der Waals surface area contributed by atoms with Crippen molar-refractivity contribution in [3.8, 4) is 0 Å². The van der Waals surface area contributed by atoms with E-state index in [9.17, 15) is 9.90 Å². The fraction of sp³-hybridized carbons (Fsp3) is 0.783. The minimum absolute atomic E-state index is 0.642. The van der Waals surface area contributed by atoms with Gasteiger partial charge in [0.05, 0.1) is 6.26 Å². The lowest BCUT2D eigenvalue weighted by molar-refractivity contribution is -0.138. The predicted octanol–water partition coefficient (Wildman–Crippen LogP) is 6.43. The second-order valence-electron chi connectivity index (χ2n) is 8.22. The lowest BCUT2D eigenvalue weighted by atomic mass is 10.0. The van der Waals surface area contributed by atoms with Crippen LogP contribution in [0.15, 0.2) is 16.7 Å². The molecule has 1 atom stereocenters. The van der Waals surface area contributed by atoms with Gasteiger partial charge >= 0.3 is 5.97 Å².